The van der Waals surface area contributed by atoms with Gasteiger partial charge in [0, 0.05) is 11.0 Å². The van der Waals surface area contributed by atoms with Gasteiger partial charge in [0.05, 0.1) is 0 Å². The van der Waals surface area contributed by atoms with E-state index in [4.69, 9.17) is 0 Å². The molecule has 1 aromatic carbocycles. The topological polar surface area (TPSA) is 0 Å². The Hall–Kier alpha value is -0.715. The summed E-state index contributed by atoms with van der Waals surface area (Å²) in [5.41, 5.74) is -1.12. The van der Waals surface area contributed by atoms with E-state index in [1.165, 1.54) is 0 Å². The Bertz CT molecular complexity index is 324. The summed E-state index contributed by atoms with van der Waals surface area (Å²) in [6.45, 7) is -4.95. The van der Waals surface area contributed by atoms with Crippen molar-refractivity contribution in [1.29, 1.82) is 0 Å². The van der Waals surface area contributed by atoms with E-state index in [0.29, 0.717) is 17.8 Å². The molecule has 0 aliphatic heterocycles. The van der Waals surface area contributed by atoms with Crippen LogP contribution in [0.5, 0.6) is 0 Å². The molecule has 0 radical (unpaired) electrons. The highest BCUT2D eigenvalue weighted by molar-refractivity contribution is 8.00. The molecule has 0 amide bonds. The first-order valence-corrected chi connectivity index (χ1v) is 4.66. The van der Waals surface area contributed by atoms with Gasteiger partial charge in [0.15, 0.2) is 0 Å². The normalized spacial score (nSPS) is 11.8. The molecule has 0 aliphatic rings. The second kappa shape index (κ2) is 4.21. The molecule has 0 N–H and O–H groups in total. The molecule has 78 valence electrons. The third kappa shape index (κ3) is 3.57. The number of benzene rings is 1. The van der Waals surface area contributed by atoms with Gasteiger partial charge in [0.1, 0.15) is 11.6 Å². The fourth-order valence-corrected chi connectivity index (χ4v) is 1.51. The van der Waals surface area contributed by atoms with E-state index < -0.39 is 24.3 Å². The maximum atomic E-state index is 12.8. The van der Waals surface area contributed by atoms with Crippen LogP contribution in [-0.4, -0.2) is 12.6 Å². The van der Waals surface area contributed by atoms with E-state index in [-0.39, 0.29) is 4.90 Å². The number of thioether (sulfide) groups is 1. The van der Waals surface area contributed by atoms with Gasteiger partial charge in [0.2, 0.25) is 0 Å². The van der Waals surface area contributed by atoms with Crippen LogP contribution in [0.1, 0.15) is 0 Å². The first kappa shape index (κ1) is 11.4. The maximum Gasteiger partial charge on any atom is 0.488 e. The monoisotopic (exact) mass is 227 g/mol. The van der Waals surface area contributed by atoms with Gasteiger partial charge in [-0.2, -0.15) is 11.8 Å². The number of hydrogen-bond donors (Lipinski definition) is 0. The van der Waals surface area contributed by atoms with Gasteiger partial charge >= 0.3 is 6.98 Å². The molecule has 0 heterocycles. The fourth-order valence-electron chi connectivity index (χ4n) is 0.777. The van der Waals surface area contributed by atoms with Crippen LogP contribution in [0, 0.1) is 11.6 Å². The number of halogens is 5. The zero-order valence-corrected chi connectivity index (χ0v) is 7.63. The van der Waals surface area contributed by atoms with Gasteiger partial charge in [-0.3, -0.25) is 0 Å². The van der Waals surface area contributed by atoms with Crippen molar-refractivity contribution in [3.8, 4) is 0 Å². The first-order chi connectivity index (χ1) is 6.38. The lowest BCUT2D eigenvalue weighted by atomic mass is 9.98. The average Bonchev–Trinajstić information content (AvgIpc) is 2.00. The van der Waals surface area contributed by atoms with E-state index in [1.807, 2.05) is 0 Å². The molecule has 0 aliphatic carbocycles. The molecule has 7 heteroatoms. The molecule has 0 aromatic heterocycles. The summed E-state index contributed by atoms with van der Waals surface area (Å²) in [5, 5.41) is 0. The van der Waals surface area contributed by atoms with E-state index in [9.17, 15) is 21.7 Å². The summed E-state index contributed by atoms with van der Waals surface area (Å²) in [6, 6.07) is 2.48. The highest BCUT2D eigenvalue weighted by Crippen LogP contribution is 2.26. The average molecular weight is 227 g/mol. The second-order valence-electron chi connectivity index (χ2n) is 2.60. The Morgan fingerprint density at radius 3 is 2.29 bits per heavy atom. The summed E-state index contributed by atoms with van der Waals surface area (Å²) >= 11 is 0.324. The molecule has 0 spiro atoms. The zero-order valence-electron chi connectivity index (χ0n) is 6.81. The maximum absolute atomic E-state index is 12.8. The molecule has 0 atom stereocenters. The minimum absolute atomic E-state index is 0.189. The van der Waals surface area contributed by atoms with Crippen molar-refractivity contribution >= 4 is 18.7 Å². The van der Waals surface area contributed by atoms with E-state index in [0.717, 1.165) is 12.1 Å². The number of hydrogen-bond acceptors (Lipinski definition) is 1. The molecule has 0 fully saturated rings. The second-order valence-corrected chi connectivity index (χ2v) is 3.66. The molecule has 14 heavy (non-hydrogen) atoms. The van der Waals surface area contributed by atoms with Gasteiger partial charge in [-0.15, -0.1) is 0 Å². The summed E-state index contributed by atoms with van der Waals surface area (Å²) in [6.07, 6.45) is 0. The van der Waals surface area contributed by atoms with E-state index in [1.54, 1.807) is 0 Å². The van der Waals surface area contributed by atoms with Crippen molar-refractivity contribution < 1.29 is 21.7 Å². The van der Waals surface area contributed by atoms with Crippen molar-refractivity contribution in [3.63, 3.8) is 0 Å². The summed E-state index contributed by atoms with van der Waals surface area (Å²) in [4.78, 5) is -0.189. The zero-order chi connectivity index (χ0) is 10.8. The Morgan fingerprint density at radius 2 is 1.79 bits per heavy atom. The minimum Gasteiger partial charge on any atom is -0.448 e. The van der Waals surface area contributed by atoms with Crippen molar-refractivity contribution in [1.82, 2.24) is 0 Å². The van der Waals surface area contributed by atoms with Crippen molar-refractivity contribution in [2.75, 3.05) is 5.65 Å². The van der Waals surface area contributed by atoms with Crippen LogP contribution in [0.2, 0.25) is 0 Å². The van der Waals surface area contributed by atoms with Crippen LogP contribution in [0.4, 0.5) is 21.7 Å². The molecule has 0 unspecified atom stereocenters. The molecule has 1 rings (SSSR count). The Morgan fingerprint density at radius 1 is 1.14 bits per heavy atom. The lowest BCUT2D eigenvalue weighted by Crippen LogP contribution is -2.19. The highest BCUT2D eigenvalue weighted by Gasteiger charge is 2.23. The fraction of sp³-hybridized carbons (Fsp3) is 0.143. The molecule has 0 saturated heterocycles. The summed E-state index contributed by atoms with van der Waals surface area (Å²) < 4.78 is 60.6. The summed E-state index contributed by atoms with van der Waals surface area (Å²) in [5.74, 6) is -1.76. The third-order valence-corrected chi connectivity index (χ3v) is 2.51. The highest BCUT2D eigenvalue weighted by atomic mass is 32.2. The predicted octanol–water partition coefficient (Wildman–Crippen LogP) is 3.44. The molecule has 0 saturated carbocycles. The SMILES string of the molecule is Fc1ccc(SC[B-](F)(F)F)c(F)c1. The lowest BCUT2D eigenvalue weighted by Gasteiger charge is -2.12. The van der Waals surface area contributed by atoms with Gasteiger partial charge < -0.3 is 12.9 Å². The predicted molar refractivity (Wildman–Crippen MR) is 46.2 cm³/mol. The van der Waals surface area contributed by atoms with Crippen LogP contribution in [0.15, 0.2) is 23.1 Å². The van der Waals surface area contributed by atoms with E-state index >= 15 is 0 Å². The summed E-state index contributed by atoms with van der Waals surface area (Å²) in [7, 11) is 0. The first-order valence-electron chi connectivity index (χ1n) is 3.67. The quantitative estimate of drug-likeness (QED) is 0.433. The smallest absolute Gasteiger partial charge is 0.448 e. The molecular weight excluding hydrogens is 222 g/mol. The van der Waals surface area contributed by atoms with Crippen molar-refractivity contribution in [3.05, 3.63) is 29.8 Å². The van der Waals surface area contributed by atoms with Gasteiger partial charge in [0.25, 0.3) is 0 Å². The van der Waals surface area contributed by atoms with Gasteiger partial charge in [-0.25, -0.2) is 8.78 Å². The minimum atomic E-state index is -4.95. The lowest BCUT2D eigenvalue weighted by molar-refractivity contribution is 0.485. The largest absolute Gasteiger partial charge is 0.488 e. The third-order valence-electron chi connectivity index (χ3n) is 1.32. The van der Waals surface area contributed by atoms with Crippen LogP contribution < -0.4 is 0 Å². The number of rotatable bonds is 3. The molecular formula is C7H5BF5S-. The van der Waals surface area contributed by atoms with E-state index in [2.05, 4.69) is 0 Å². The standard InChI is InChI=1S/C7H5BF5S/c9-5-1-2-7(6(10)3-5)14-4-8(11,12)13/h1-3H,4H2/q-1. The van der Waals surface area contributed by atoms with Crippen LogP contribution >= 0.6 is 11.8 Å². The Labute approximate surface area is 81.6 Å². The Kier molecular flexibility index (Phi) is 3.41. The van der Waals surface area contributed by atoms with Crippen molar-refractivity contribution in [2.45, 2.75) is 4.90 Å². The van der Waals surface area contributed by atoms with Gasteiger partial charge in [-0.1, -0.05) is 0 Å². The molecule has 0 bridgehead atoms. The van der Waals surface area contributed by atoms with Crippen LogP contribution in [-0.2, 0) is 0 Å². The molecule has 1 aromatic rings. The van der Waals surface area contributed by atoms with Crippen LogP contribution in [0.25, 0.3) is 0 Å². The van der Waals surface area contributed by atoms with Gasteiger partial charge in [-0.05, 0) is 17.8 Å². The molecule has 0 nitrogen and oxygen atoms in total. The van der Waals surface area contributed by atoms with Crippen LogP contribution in [0.3, 0.4) is 0 Å². The Balaban J connectivity index is 2.68. The van der Waals surface area contributed by atoms with Crippen molar-refractivity contribution in [2.24, 2.45) is 0 Å².